The second-order valence-electron chi connectivity index (χ2n) is 2.71. The van der Waals surface area contributed by atoms with Crippen LogP contribution in [0, 0.1) is 0 Å². The molecular weight excluding hydrogens is 246 g/mol. The van der Waals surface area contributed by atoms with Gasteiger partial charge >= 0.3 is 0 Å². The fourth-order valence-corrected chi connectivity index (χ4v) is 0.983. The van der Waals surface area contributed by atoms with Gasteiger partial charge in [0.15, 0.2) is 6.23 Å². The first-order chi connectivity index (χ1) is 6.39. The Bertz CT molecular complexity index is 296. The van der Waals surface area contributed by atoms with Crippen molar-refractivity contribution in [1.29, 1.82) is 0 Å². The van der Waals surface area contributed by atoms with E-state index in [0.717, 1.165) is 0 Å². The minimum absolute atomic E-state index is 0.623. The highest BCUT2D eigenvalue weighted by Gasteiger charge is 2.30. The van der Waals surface area contributed by atoms with Gasteiger partial charge in [-0.1, -0.05) is 34.8 Å². The SMILES string of the molecule is Nc1ccc(NC(O)C(Cl)(Cl)Cl)cc1. The second-order valence-corrected chi connectivity index (χ2v) is 5.08. The van der Waals surface area contributed by atoms with Crippen LogP contribution in [0.5, 0.6) is 0 Å². The molecule has 0 saturated carbocycles. The van der Waals surface area contributed by atoms with Gasteiger partial charge in [-0.15, -0.1) is 0 Å². The number of benzene rings is 1. The van der Waals surface area contributed by atoms with Crippen LogP contribution in [0.15, 0.2) is 24.3 Å². The average Bonchev–Trinajstić information content (AvgIpc) is 2.07. The van der Waals surface area contributed by atoms with E-state index in [1.165, 1.54) is 0 Å². The summed E-state index contributed by atoms with van der Waals surface area (Å²) < 4.78 is -1.76. The third kappa shape index (κ3) is 3.42. The number of halogens is 3. The van der Waals surface area contributed by atoms with Crippen molar-refractivity contribution in [2.45, 2.75) is 10.0 Å². The molecule has 1 aromatic rings. The third-order valence-electron chi connectivity index (χ3n) is 1.52. The van der Waals surface area contributed by atoms with Crippen LogP contribution in [0.1, 0.15) is 0 Å². The standard InChI is InChI=1S/C8H9Cl3N2O/c9-8(10,11)7(14)13-6-3-1-5(12)2-4-6/h1-4,7,13-14H,12H2. The van der Waals surface area contributed by atoms with Crippen molar-refractivity contribution in [2.75, 3.05) is 11.1 Å². The van der Waals surface area contributed by atoms with Gasteiger partial charge in [0.05, 0.1) is 0 Å². The summed E-state index contributed by atoms with van der Waals surface area (Å²) >= 11 is 16.4. The largest absolute Gasteiger partial charge is 0.399 e. The average molecular weight is 256 g/mol. The Morgan fingerprint density at radius 3 is 2.14 bits per heavy atom. The zero-order valence-electron chi connectivity index (χ0n) is 7.05. The molecule has 0 aromatic heterocycles. The van der Waals surface area contributed by atoms with E-state index in [1.54, 1.807) is 24.3 Å². The van der Waals surface area contributed by atoms with E-state index in [-0.39, 0.29) is 0 Å². The molecule has 0 aliphatic carbocycles. The van der Waals surface area contributed by atoms with E-state index >= 15 is 0 Å². The summed E-state index contributed by atoms with van der Waals surface area (Å²) in [7, 11) is 0. The Morgan fingerprint density at radius 1 is 1.21 bits per heavy atom. The van der Waals surface area contributed by atoms with Gasteiger partial charge < -0.3 is 16.2 Å². The molecule has 6 heteroatoms. The molecule has 0 heterocycles. The highest BCUT2D eigenvalue weighted by molar-refractivity contribution is 6.68. The van der Waals surface area contributed by atoms with Crippen LogP contribution in [0.3, 0.4) is 0 Å². The number of hydrogen-bond donors (Lipinski definition) is 3. The van der Waals surface area contributed by atoms with Crippen molar-refractivity contribution in [3.8, 4) is 0 Å². The molecule has 0 saturated heterocycles. The Morgan fingerprint density at radius 2 is 1.71 bits per heavy atom. The van der Waals surface area contributed by atoms with E-state index in [4.69, 9.17) is 40.5 Å². The summed E-state index contributed by atoms with van der Waals surface area (Å²) in [5.41, 5.74) is 6.72. The number of aliphatic hydroxyl groups excluding tert-OH is 1. The van der Waals surface area contributed by atoms with Crippen LogP contribution in [-0.2, 0) is 0 Å². The molecule has 1 aromatic carbocycles. The van der Waals surface area contributed by atoms with E-state index in [2.05, 4.69) is 5.32 Å². The molecule has 1 atom stereocenters. The van der Waals surface area contributed by atoms with E-state index in [0.29, 0.717) is 11.4 Å². The number of alkyl halides is 3. The first-order valence-electron chi connectivity index (χ1n) is 3.76. The topological polar surface area (TPSA) is 58.3 Å². The van der Waals surface area contributed by atoms with Crippen LogP contribution >= 0.6 is 34.8 Å². The fourth-order valence-electron chi connectivity index (χ4n) is 0.819. The Hall–Kier alpha value is -0.350. The van der Waals surface area contributed by atoms with Crippen molar-refractivity contribution < 1.29 is 5.11 Å². The molecule has 0 spiro atoms. The molecule has 1 unspecified atom stereocenters. The smallest absolute Gasteiger partial charge is 0.234 e. The number of aliphatic hydroxyl groups is 1. The molecule has 0 aliphatic heterocycles. The quantitative estimate of drug-likeness (QED) is 0.432. The maximum atomic E-state index is 9.37. The predicted molar refractivity (Wildman–Crippen MR) is 60.8 cm³/mol. The Balaban J connectivity index is 2.65. The van der Waals surface area contributed by atoms with Gasteiger partial charge in [-0.3, -0.25) is 0 Å². The lowest BCUT2D eigenvalue weighted by atomic mass is 10.3. The lowest BCUT2D eigenvalue weighted by molar-refractivity contribution is 0.208. The minimum Gasteiger partial charge on any atom is -0.399 e. The first kappa shape index (κ1) is 11.7. The maximum Gasteiger partial charge on any atom is 0.234 e. The van der Waals surface area contributed by atoms with E-state index < -0.39 is 10.0 Å². The molecular formula is C8H9Cl3N2O. The normalized spacial score (nSPS) is 13.7. The number of nitrogen functional groups attached to an aromatic ring is 1. The van der Waals surface area contributed by atoms with Crippen LogP contribution in [0.2, 0.25) is 0 Å². The van der Waals surface area contributed by atoms with Crippen molar-refractivity contribution in [3.05, 3.63) is 24.3 Å². The molecule has 0 fully saturated rings. The molecule has 78 valence electrons. The zero-order valence-corrected chi connectivity index (χ0v) is 9.31. The molecule has 0 bridgehead atoms. The summed E-state index contributed by atoms with van der Waals surface area (Å²) in [6, 6.07) is 6.70. The van der Waals surface area contributed by atoms with Gasteiger partial charge in [-0.05, 0) is 24.3 Å². The number of rotatable bonds is 2. The summed E-state index contributed by atoms with van der Waals surface area (Å²) in [5, 5.41) is 12.0. The molecule has 0 amide bonds. The third-order valence-corrected chi connectivity index (χ3v) is 2.14. The van der Waals surface area contributed by atoms with E-state index in [1.807, 2.05) is 0 Å². The second kappa shape index (κ2) is 4.45. The van der Waals surface area contributed by atoms with Crippen molar-refractivity contribution in [1.82, 2.24) is 0 Å². The number of nitrogens with two attached hydrogens (primary N) is 1. The highest BCUT2D eigenvalue weighted by atomic mass is 35.6. The predicted octanol–water partition coefficient (Wildman–Crippen LogP) is 2.37. The van der Waals surface area contributed by atoms with Gasteiger partial charge in [0.2, 0.25) is 3.79 Å². The van der Waals surface area contributed by atoms with Crippen molar-refractivity contribution in [2.24, 2.45) is 0 Å². The first-order valence-corrected chi connectivity index (χ1v) is 4.90. The molecule has 0 radical (unpaired) electrons. The molecule has 14 heavy (non-hydrogen) atoms. The van der Waals surface area contributed by atoms with E-state index in [9.17, 15) is 5.11 Å². The summed E-state index contributed by atoms with van der Waals surface area (Å²) in [6.07, 6.45) is -1.27. The van der Waals surface area contributed by atoms with Crippen molar-refractivity contribution in [3.63, 3.8) is 0 Å². The molecule has 1 rings (SSSR count). The van der Waals surface area contributed by atoms with Crippen LogP contribution in [0.4, 0.5) is 11.4 Å². The highest BCUT2D eigenvalue weighted by Crippen LogP contribution is 2.30. The molecule has 0 aliphatic rings. The Labute approximate surface area is 96.8 Å². The molecule has 3 nitrogen and oxygen atoms in total. The van der Waals surface area contributed by atoms with Crippen molar-refractivity contribution >= 4 is 46.2 Å². The van der Waals surface area contributed by atoms with Gasteiger partial charge in [0, 0.05) is 11.4 Å². The summed E-state index contributed by atoms with van der Waals surface area (Å²) in [6.45, 7) is 0. The lowest BCUT2D eigenvalue weighted by Gasteiger charge is -2.20. The van der Waals surface area contributed by atoms with Gasteiger partial charge in [0.1, 0.15) is 0 Å². The minimum atomic E-state index is -1.76. The monoisotopic (exact) mass is 254 g/mol. The van der Waals surface area contributed by atoms with Crippen LogP contribution < -0.4 is 11.1 Å². The maximum absolute atomic E-state index is 9.37. The van der Waals surface area contributed by atoms with Gasteiger partial charge in [-0.2, -0.15) is 0 Å². The number of hydrogen-bond acceptors (Lipinski definition) is 3. The Kier molecular flexibility index (Phi) is 3.72. The fraction of sp³-hybridized carbons (Fsp3) is 0.250. The number of anilines is 2. The summed E-state index contributed by atoms with van der Waals surface area (Å²) in [5.74, 6) is 0. The van der Waals surface area contributed by atoms with Gasteiger partial charge in [0.25, 0.3) is 0 Å². The van der Waals surface area contributed by atoms with Crippen LogP contribution in [0.25, 0.3) is 0 Å². The number of nitrogens with one attached hydrogen (secondary N) is 1. The molecule has 4 N–H and O–H groups in total. The summed E-state index contributed by atoms with van der Waals surface area (Å²) in [4.78, 5) is 0. The lowest BCUT2D eigenvalue weighted by Crippen LogP contribution is -2.33. The van der Waals surface area contributed by atoms with Gasteiger partial charge in [-0.25, -0.2) is 0 Å². The zero-order chi connectivity index (χ0) is 10.8. The van der Waals surface area contributed by atoms with Crippen LogP contribution in [-0.4, -0.2) is 15.1 Å².